The molecule has 2 N–H and O–H groups in total. The van der Waals surface area contributed by atoms with Crippen LogP contribution >= 0.6 is 29.8 Å². The molecule has 0 saturated heterocycles. The van der Waals surface area contributed by atoms with Crippen molar-refractivity contribution in [1.29, 1.82) is 0 Å². The van der Waals surface area contributed by atoms with Crippen molar-refractivity contribution in [2.75, 3.05) is 0 Å². The molecule has 0 aliphatic heterocycles. The second kappa shape index (κ2) is 13.0. The Bertz CT molecular complexity index is 3150. The Morgan fingerprint density at radius 3 is 1.57 bits per heavy atom. The highest BCUT2D eigenvalue weighted by atomic mass is 32.1. The molecule has 0 bridgehead atoms. The number of nitrogens with two attached hydrogens (primary N) is 1. The molecule has 0 fully saturated rings. The third kappa shape index (κ3) is 5.41. The van der Waals surface area contributed by atoms with Gasteiger partial charge in [-0.3, -0.25) is 0 Å². The molecule has 0 aliphatic carbocycles. The van der Waals surface area contributed by atoms with Crippen LogP contribution in [0.1, 0.15) is 12.5 Å². The predicted molar refractivity (Wildman–Crippen MR) is 238 cm³/mol. The van der Waals surface area contributed by atoms with Gasteiger partial charge in [0.1, 0.15) is 0 Å². The van der Waals surface area contributed by atoms with Crippen LogP contribution in [0.3, 0.4) is 0 Å². The van der Waals surface area contributed by atoms with E-state index in [1.165, 1.54) is 51.5 Å². The molecule has 0 aliphatic rings. The van der Waals surface area contributed by atoms with Gasteiger partial charge in [0.05, 0.1) is 0 Å². The maximum absolute atomic E-state index is 15.9. The predicted octanol–water partition coefficient (Wildman–Crippen LogP) is 13.6. The largest absolute Gasteiger partial charge is 0.404 e. The topological polar surface area (TPSA) is 43.1 Å². The lowest BCUT2D eigenvalue weighted by atomic mass is 9.99. The van der Waals surface area contributed by atoms with E-state index in [4.69, 9.17) is 5.73 Å². The molecule has 2 nitrogen and oxygen atoms in total. The van der Waals surface area contributed by atoms with Crippen LogP contribution in [0.4, 0.5) is 0 Å². The first-order chi connectivity index (χ1) is 26.5. The van der Waals surface area contributed by atoms with Crippen LogP contribution in [-0.2, 0) is 4.57 Å². The number of benzene rings is 8. The summed E-state index contributed by atoms with van der Waals surface area (Å²) in [6.07, 6.45) is 3.58. The summed E-state index contributed by atoms with van der Waals surface area (Å²) in [4.78, 5) is 0. The average molecular weight is 748 g/mol. The molecule has 0 unspecified atom stereocenters. The molecule has 54 heavy (non-hydrogen) atoms. The molecule has 10 rings (SSSR count). The molecule has 2 aromatic heterocycles. The Morgan fingerprint density at radius 2 is 0.981 bits per heavy atom. The Hall–Kier alpha value is -5.77. The van der Waals surface area contributed by atoms with Gasteiger partial charge in [-0.05, 0) is 111 Å². The van der Waals surface area contributed by atoms with E-state index >= 15 is 4.57 Å². The maximum Gasteiger partial charge on any atom is 0.172 e. The van der Waals surface area contributed by atoms with E-state index in [1.54, 1.807) is 6.20 Å². The molecule has 258 valence electrons. The minimum absolute atomic E-state index is 0.611. The monoisotopic (exact) mass is 747 g/mol. The number of allylic oxidation sites excluding steroid dienone is 3. The van der Waals surface area contributed by atoms with E-state index in [2.05, 4.69) is 134 Å². The molecule has 0 amide bonds. The number of thiophene rings is 2. The molecule has 2 heterocycles. The molecular weight excluding hydrogens is 714 g/mol. The first-order valence-corrected chi connectivity index (χ1v) is 21.4. The van der Waals surface area contributed by atoms with E-state index in [1.807, 2.05) is 65.1 Å². The van der Waals surface area contributed by atoms with Gasteiger partial charge < -0.3 is 10.3 Å². The van der Waals surface area contributed by atoms with Crippen molar-refractivity contribution in [1.82, 2.24) is 0 Å². The number of fused-ring (bicyclic) bond motifs is 8. The summed E-state index contributed by atoms with van der Waals surface area (Å²) >= 11 is 3.66. The van der Waals surface area contributed by atoms with Crippen LogP contribution in [0.5, 0.6) is 0 Å². The van der Waals surface area contributed by atoms with Gasteiger partial charge in [0.15, 0.2) is 7.14 Å². The van der Waals surface area contributed by atoms with E-state index < -0.39 is 7.14 Å². The SMILES string of the molecule is C/C(=C\C(=C/N)P(=O)(c1ccc2ccccc2c1)c1ccc2ccccc2c1)c1ccc2sc3ccc(-c4ccc5sc6ccccc6c5c4)cc3c2c1. The van der Waals surface area contributed by atoms with Crippen molar-refractivity contribution in [3.8, 4) is 11.1 Å². The van der Waals surface area contributed by atoms with E-state index in [0.717, 1.165) is 43.3 Å². The summed E-state index contributed by atoms with van der Waals surface area (Å²) in [6.45, 7) is 2.09. The lowest BCUT2D eigenvalue weighted by Crippen LogP contribution is -2.18. The molecule has 0 atom stereocenters. The lowest BCUT2D eigenvalue weighted by molar-refractivity contribution is 0.591. The minimum Gasteiger partial charge on any atom is -0.404 e. The third-order valence-corrected chi connectivity index (χ3v) is 16.0. The van der Waals surface area contributed by atoms with Crippen molar-refractivity contribution in [3.63, 3.8) is 0 Å². The van der Waals surface area contributed by atoms with Gasteiger partial charge in [-0.15, -0.1) is 22.7 Å². The highest BCUT2D eigenvalue weighted by molar-refractivity contribution is 7.82. The van der Waals surface area contributed by atoms with E-state index in [9.17, 15) is 0 Å². The molecule has 0 spiro atoms. The standard InChI is InChI=1S/C49H34NOPS2/c1-31(24-41(30-50)52(51,39-19-14-32-8-2-4-10-35(32)25-39)40-20-15-33-9-3-5-11-36(33)26-40)34-16-21-48-44(27-34)45-29-38(18-23-49(45)54-48)37-17-22-47-43(28-37)42-12-6-7-13-46(42)53-47/h2-30H,50H2,1H3/b31-24+,41-30+. The Balaban J connectivity index is 1.08. The van der Waals surface area contributed by atoms with Crippen molar-refractivity contribution < 1.29 is 4.57 Å². The zero-order valence-electron chi connectivity index (χ0n) is 29.5. The van der Waals surface area contributed by atoms with E-state index in [0.29, 0.717) is 5.31 Å². The summed E-state index contributed by atoms with van der Waals surface area (Å²) in [5.74, 6) is 0. The Morgan fingerprint density at radius 1 is 0.500 bits per heavy atom. The zero-order valence-corrected chi connectivity index (χ0v) is 32.0. The van der Waals surface area contributed by atoms with Gasteiger partial charge in [-0.25, -0.2) is 0 Å². The summed E-state index contributed by atoms with van der Waals surface area (Å²) < 4.78 is 21.0. The van der Waals surface area contributed by atoms with Gasteiger partial charge in [0.25, 0.3) is 0 Å². The van der Waals surface area contributed by atoms with Crippen molar-refractivity contribution in [2.24, 2.45) is 5.73 Å². The van der Waals surface area contributed by atoms with Crippen molar-refractivity contribution in [3.05, 3.63) is 187 Å². The van der Waals surface area contributed by atoms with Crippen LogP contribution < -0.4 is 16.3 Å². The first-order valence-electron chi connectivity index (χ1n) is 18.0. The quantitative estimate of drug-likeness (QED) is 0.136. The van der Waals surface area contributed by atoms with Crippen LogP contribution in [0.2, 0.25) is 0 Å². The van der Waals surface area contributed by atoms with Gasteiger partial charge in [-0.2, -0.15) is 0 Å². The second-order valence-electron chi connectivity index (χ2n) is 13.9. The Labute approximate surface area is 321 Å². The van der Waals surface area contributed by atoms with Gasteiger partial charge in [0.2, 0.25) is 0 Å². The van der Waals surface area contributed by atoms with Gasteiger partial charge in [0, 0.05) is 62.5 Å². The van der Waals surface area contributed by atoms with Crippen LogP contribution in [0.15, 0.2) is 181 Å². The van der Waals surface area contributed by atoms with Gasteiger partial charge in [-0.1, -0.05) is 109 Å². The van der Waals surface area contributed by atoms with Crippen LogP contribution in [0.25, 0.3) is 78.6 Å². The van der Waals surface area contributed by atoms with Gasteiger partial charge >= 0.3 is 0 Å². The molecule has 0 saturated carbocycles. The lowest BCUT2D eigenvalue weighted by Gasteiger charge is -2.22. The van der Waals surface area contributed by atoms with Crippen molar-refractivity contribution in [2.45, 2.75) is 6.92 Å². The number of hydrogen-bond acceptors (Lipinski definition) is 4. The summed E-state index contributed by atoms with van der Waals surface area (Å²) in [7, 11) is -3.40. The maximum atomic E-state index is 15.9. The summed E-state index contributed by atoms with van der Waals surface area (Å²) in [5.41, 5.74) is 11.0. The fraction of sp³-hybridized carbons (Fsp3) is 0.0204. The van der Waals surface area contributed by atoms with Crippen molar-refractivity contribution >= 4 is 108 Å². The Kier molecular flexibility index (Phi) is 7.89. The number of hydrogen-bond donors (Lipinski definition) is 1. The highest BCUT2D eigenvalue weighted by Gasteiger charge is 2.32. The average Bonchev–Trinajstić information content (AvgIpc) is 3.79. The number of rotatable bonds is 6. The zero-order chi connectivity index (χ0) is 36.4. The molecule has 8 aromatic carbocycles. The second-order valence-corrected chi connectivity index (χ2v) is 18.9. The molecule has 5 heteroatoms. The van der Waals surface area contributed by atoms with Crippen LogP contribution in [-0.4, -0.2) is 0 Å². The van der Waals surface area contributed by atoms with Crippen LogP contribution in [0, 0.1) is 0 Å². The minimum atomic E-state index is -3.40. The smallest absolute Gasteiger partial charge is 0.172 e. The third-order valence-electron chi connectivity index (χ3n) is 10.7. The molecular formula is C49H34NOPS2. The first kappa shape index (κ1) is 32.8. The fourth-order valence-corrected chi connectivity index (χ4v) is 12.7. The summed E-state index contributed by atoms with van der Waals surface area (Å²) in [5, 5.41) is 11.5. The normalized spacial score (nSPS) is 12.9. The molecule has 0 radical (unpaired) electrons. The molecule has 10 aromatic rings. The highest BCUT2D eigenvalue weighted by Crippen LogP contribution is 2.53. The fourth-order valence-electron chi connectivity index (χ4n) is 7.85. The van der Waals surface area contributed by atoms with E-state index in [-0.39, 0.29) is 0 Å². The summed E-state index contributed by atoms with van der Waals surface area (Å²) in [6, 6.07) is 57.7.